The van der Waals surface area contributed by atoms with Crippen molar-refractivity contribution in [2.45, 2.75) is 123 Å². The van der Waals surface area contributed by atoms with Crippen LogP contribution in [0.15, 0.2) is 0 Å². The molecule has 0 saturated heterocycles. The van der Waals surface area contributed by atoms with E-state index in [9.17, 15) is 5.11 Å². The lowest BCUT2D eigenvalue weighted by Gasteiger charge is -2.57. The monoisotopic (exact) mass is 567 g/mol. The minimum atomic E-state index is 0.123. The van der Waals surface area contributed by atoms with E-state index in [-0.39, 0.29) is 24.2 Å². The van der Waals surface area contributed by atoms with Crippen LogP contribution in [0, 0.1) is 40.9 Å². The molecule has 40 heavy (non-hydrogen) atoms. The third-order valence-corrected chi connectivity index (χ3v) is 11.2. The van der Waals surface area contributed by atoms with Gasteiger partial charge in [0.2, 0.25) is 0 Å². The van der Waals surface area contributed by atoms with E-state index in [0.29, 0.717) is 61.2 Å². The van der Waals surface area contributed by atoms with E-state index in [1.54, 1.807) is 0 Å². The van der Waals surface area contributed by atoms with Gasteiger partial charge in [-0.1, -0.05) is 20.8 Å². The molecule has 0 bridgehead atoms. The van der Waals surface area contributed by atoms with Gasteiger partial charge < -0.3 is 36.5 Å². The van der Waals surface area contributed by atoms with Crippen LogP contribution in [-0.2, 0) is 14.2 Å². The molecule has 10 atom stereocenters. The van der Waals surface area contributed by atoms with Crippen LogP contribution in [0.25, 0.3) is 0 Å². The van der Waals surface area contributed by atoms with Crippen molar-refractivity contribution in [1.82, 2.24) is 0 Å². The van der Waals surface area contributed by atoms with Crippen LogP contribution < -0.4 is 17.2 Å². The molecule has 0 aromatic carbocycles. The van der Waals surface area contributed by atoms with Crippen LogP contribution in [0.3, 0.4) is 0 Å². The maximum Gasteiger partial charge on any atom is 0.0637 e. The molecule has 236 valence electrons. The Hall–Kier alpha value is -0.280. The van der Waals surface area contributed by atoms with E-state index in [1.165, 1.54) is 19.3 Å². The van der Waals surface area contributed by atoms with Gasteiger partial charge in [-0.3, -0.25) is 0 Å². The number of nitrogens with two attached hydrogens (primary N) is 3. The van der Waals surface area contributed by atoms with Gasteiger partial charge in [0.25, 0.3) is 0 Å². The highest BCUT2D eigenvalue weighted by molar-refractivity contribution is 5.10. The Morgan fingerprint density at radius 3 is 2.17 bits per heavy atom. The Kier molecular flexibility index (Phi) is 15.2. The molecule has 0 radical (unpaired) electrons. The number of hydrogen-bond donors (Lipinski definition) is 4. The average Bonchev–Trinajstić information content (AvgIpc) is 3.31. The summed E-state index contributed by atoms with van der Waals surface area (Å²) >= 11 is 0. The molecule has 0 aliphatic heterocycles. The van der Waals surface area contributed by atoms with E-state index in [4.69, 9.17) is 31.4 Å². The lowest BCUT2D eigenvalue weighted by Crippen LogP contribution is -2.57. The first kappa shape index (κ1) is 34.2. The Morgan fingerprint density at radius 1 is 0.825 bits per heavy atom. The number of aliphatic hydroxyl groups is 1. The lowest BCUT2D eigenvalue weighted by atomic mass is 9.51. The molecule has 7 heteroatoms. The quantitative estimate of drug-likeness (QED) is 0.196. The van der Waals surface area contributed by atoms with Crippen molar-refractivity contribution in [3.8, 4) is 0 Å². The predicted molar refractivity (Wildman–Crippen MR) is 164 cm³/mol. The van der Waals surface area contributed by atoms with Crippen LogP contribution in [0.1, 0.15) is 104 Å². The summed E-state index contributed by atoms with van der Waals surface area (Å²) in [5.41, 5.74) is 17.7. The summed E-state index contributed by atoms with van der Waals surface area (Å²) in [4.78, 5) is 0. The smallest absolute Gasteiger partial charge is 0.0637 e. The van der Waals surface area contributed by atoms with Crippen molar-refractivity contribution in [2.75, 3.05) is 46.1 Å². The first-order valence-electron chi connectivity index (χ1n) is 17.0. The Labute approximate surface area is 246 Å². The summed E-state index contributed by atoms with van der Waals surface area (Å²) in [5.74, 6) is 3.52. The fraction of sp³-hybridized carbons (Fsp3) is 1.00. The molecule has 0 amide bonds. The van der Waals surface area contributed by atoms with Crippen LogP contribution >= 0.6 is 0 Å². The molecular weight excluding hydrogens is 502 g/mol. The molecule has 7 N–H and O–H groups in total. The number of ether oxygens (including phenoxy) is 3. The molecule has 10 unspecified atom stereocenters. The highest BCUT2D eigenvalue weighted by Gasteiger charge is 2.61. The van der Waals surface area contributed by atoms with Crippen molar-refractivity contribution in [2.24, 2.45) is 58.1 Å². The maximum atomic E-state index is 9.58. The molecule has 0 spiro atoms. The number of fused-ring (bicyclic) bond motifs is 3. The second kappa shape index (κ2) is 17.7. The SMILES string of the molecule is CC1CCC(OCCCN)CCCC(OCCCN)C2C1CC(OCCCN)C1(C)C(C(C)CCCO)CCC21. The van der Waals surface area contributed by atoms with Crippen molar-refractivity contribution >= 4 is 0 Å². The van der Waals surface area contributed by atoms with E-state index in [0.717, 1.165) is 84.0 Å². The fourth-order valence-electron chi connectivity index (χ4n) is 9.07. The second-order valence-electron chi connectivity index (χ2n) is 13.7. The van der Waals surface area contributed by atoms with Gasteiger partial charge in [0, 0.05) is 31.8 Å². The minimum Gasteiger partial charge on any atom is -0.396 e. The third kappa shape index (κ3) is 8.64. The second-order valence-corrected chi connectivity index (χ2v) is 13.7. The summed E-state index contributed by atoms with van der Waals surface area (Å²) in [6.45, 7) is 12.1. The van der Waals surface area contributed by atoms with Gasteiger partial charge in [0.05, 0.1) is 18.3 Å². The standard InChI is InChI=1S/C33H65N3O4/c1-24-12-13-26(38-20-6-16-34)10-4-11-30(39-21-7-17-35)32-27(24)23-31(40-22-8-18-36)33(3)28(14-15-29(32)33)25(2)9-5-19-37/h24-32,37H,4-23,34-36H2,1-3H3. The van der Waals surface area contributed by atoms with Crippen LogP contribution in [0.4, 0.5) is 0 Å². The number of rotatable bonds is 16. The van der Waals surface area contributed by atoms with E-state index in [2.05, 4.69) is 20.8 Å². The molecule has 3 rings (SSSR count). The third-order valence-electron chi connectivity index (χ3n) is 11.2. The molecule has 3 aliphatic rings. The zero-order valence-electron chi connectivity index (χ0n) is 26.2. The lowest BCUT2D eigenvalue weighted by molar-refractivity contribution is -0.177. The first-order chi connectivity index (χ1) is 19.4. The van der Waals surface area contributed by atoms with Crippen molar-refractivity contribution < 1.29 is 19.3 Å². The largest absolute Gasteiger partial charge is 0.396 e. The maximum absolute atomic E-state index is 9.58. The minimum absolute atomic E-state index is 0.123. The summed E-state index contributed by atoms with van der Waals surface area (Å²) in [6, 6.07) is 0. The van der Waals surface area contributed by atoms with E-state index in [1.807, 2.05) is 0 Å². The van der Waals surface area contributed by atoms with Gasteiger partial charge in [-0.2, -0.15) is 0 Å². The molecule has 3 fully saturated rings. The molecule has 3 saturated carbocycles. The highest BCUT2D eigenvalue weighted by Crippen LogP contribution is 2.64. The zero-order chi connectivity index (χ0) is 29.0. The topological polar surface area (TPSA) is 126 Å². The van der Waals surface area contributed by atoms with Gasteiger partial charge in [0.1, 0.15) is 0 Å². The average molecular weight is 568 g/mol. The number of hydrogen-bond acceptors (Lipinski definition) is 7. The molecule has 3 aliphatic carbocycles. The highest BCUT2D eigenvalue weighted by atomic mass is 16.5. The normalized spacial score (nSPS) is 37.6. The summed E-state index contributed by atoms with van der Waals surface area (Å²) < 4.78 is 20.0. The van der Waals surface area contributed by atoms with Crippen LogP contribution in [-0.4, -0.2) is 69.5 Å². The molecule has 7 nitrogen and oxygen atoms in total. The van der Waals surface area contributed by atoms with Gasteiger partial charge in [0.15, 0.2) is 0 Å². The van der Waals surface area contributed by atoms with Crippen molar-refractivity contribution in [3.63, 3.8) is 0 Å². The van der Waals surface area contributed by atoms with Crippen LogP contribution in [0.5, 0.6) is 0 Å². The Morgan fingerprint density at radius 2 is 1.50 bits per heavy atom. The van der Waals surface area contributed by atoms with E-state index < -0.39 is 0 Å². The fourth-order valence-corrected chi connectivity index (χ4v) is 9.07. The van der Waals surface area contributed by atoms with Crippen LogP contribution in [0.2, 0.25) is 0 Å². The molecule has 0 aromatic heterocycles. The Balaban J connectivity index is 1.92. The van der Waals surface area contributed by atoms with Gasteiger partial charge in [-0.15, -0.1) is 0 Å². The summed E-state index contributed by atoms with van der Waals surface area (Å²) in [7, 11) is 0. The molecule has 0 aromatic rings. The van der Waals surface area contributed by atoms with Gasteiger partial charge >= 0.3 is 0 Å². The van der Waals surface area contributed by atoms with Crippen molar-refractivity contribution in [1.29, 1.82) is 0 Å². The van der Waals surface area contributed by atoms with Gasteiger partial charge in [-0.05, 0) is 139 Å². The predicted octanol–water partition coefficient (Wildman–Crippen LogP) is 4.87. The molecule has 0 heterocycles. The molecular formula is C33H65N3O4. The first-order valence-corrected chi connectivity index (χ1v) is 17.0. The Bertz CT molecular complexity index is 684. The summed E-state index contributed by atoms with van der Waals surface area (Å²) in [5, 5.41) is 9.58. The van der Waals surface area contributed by atoms with E-state index >= 15 is 0 Å². The number of aliphatic hydroxyl groups excluding tert-OH is 1. The van der Waals surface area contributed by atoms with Gasteiger partial charge in [-0.25, -0.2) is 0 Å². The summed E-state index contributed by atoms with van der Waals surface area (Å²) in [6.07, 6.45) is 14.9. The zero-order valence-corrected chi connectivity index (χ0v) is 26.2. The van der Waals surface area contributed by atoms with Crippen molar-refractivity contribution in [3.05, 3.63) is 0 Å².